The van der Waals surface area contributed by atoms with Crippen molar-refractivity contribution in [3.05, 3.63) is 35.7 Å². The lowest BCUT2D eigenvalue weighted by molar-refractivity contribution is 0.391. The van der Waals surface area contributed by atoms with Crippen molar-refractivity contribution < 1.29 is 4.52 Å². The Kier molecular flexibility index (Phi) is 5.91. The van der Waals surface area contributed by atoms with Gasteiger partial charge in [0.2, 0.25) is 11.7 Å². The van der Waals surface area contributed by atoms with E-state index in [9.17, 15) is 0 Å². The molecule has 0 bridgehead atoms. The Morgan fingerprint density at radius 3 is 2.46 bits per heavy atom. The lowest BCUT2D eigenvalue weighted by Crippen LogP contribution is -1.88. The van der Waals surface area contributed by atoms with Crippen LogP contribution in [0, 0.1) is 0 Å². The molecule has 0 N–H and O–H groups in total. The molecule has 0 aliphatic carbocycles. The van der Waals surface area contributed by atoms with Crippen LogP contribution in [0.25, 0.3) is 11.4 Å². The molecule has 2 aromatic heterocycles. The Morgan fingerprint density at radius 1 is 1.08 bits per heavy atom. The molecule has 0 spiro atoms. The molecule has 0 saturated carbocycles. The topological polar surface area (TPSA) is 64.7 Å². The SMILES string of the molecule is CCSc1nnc(SCc2nc(-c3ccc(C(C)C)cc3)no2)s1. The fourth-order valence-corrected chi connectivity index (χ4v) is 4.76. The van der Waals surface area contributed by atoms with Gasteiger partial charge in [-0.05, 0) is 17.2 Å². The fourth-order valence-electron chi connectivity index (χ4n) is 2.01. The highest BCUT2D eigenvalue weighted by Crippen LogP contribution is 2.30. The van der Waals surface area contributed by atoms with E-state index < -0.39 is 0 Å². The van der Waals surface area contributed by atoms with Gasteiger partial charge in [-0.1, -0.05) is 85.1 Å². The van der Waals surface area contributed by atoms with E-state index in [-0.39, 0.29) is 0 Å². The van der Waals surface area contributed by atoms with Crippen molar-refractivity contribution in [1.82, 2.24) is 20.3 Å². The molecule has 126 valence electrons. The summed E-state index contributed by atoms with van der Waals surface area (Å²) in [5.41, 5.74) is 2.27. The summed E-state index contributed by atoms with van der Waals surface area (Å²) in [5.74, 6) is 3.34. The average molecular weight is 379 g/mol. The van der Waals surface area contributed by atoms with Gasteiger partial charge in [-0.15, -0.1) is 10.2 Å². The molecule has 0 aliphatic rings. The van der Waals surface area contributed by atoms with Gasteiger partial charge in [-0.2, -0.15) is 4.98 Å². The van der Waals surface area contributed by atoms with E-state index in [1.807, 2.05) is 12.1 Å². The van der Waals surface area contributed by atoms with Gasteiger partial charge < -0.3 is 4.52 Å². The van der Waals surface area contributed by atoms with Crippen molar-refractivity contribution in [2.24, 2.45) is 0 Å². The summed E-state index contributed by atoms with van der Waals surface area (Å²) in [7, 11) is 0. The Hall–Kier alpha value is -1.38. The van der Waals surface area contributed by atoms with Crippen LogP contribution in [0.3, 0.4) is 0 Å². The lowest BCUT2D eigenvalue weighted by atomic mass is 10.0. The zero-order valence-corrected chi connectivity index (χ0v) is 16.2. The number of hydrogen-bond acceptors (Lipinski definition) is 8. The number of thioether (sulfide) groups is 2. The molecule has 0 fully saturated rings. The lowest BCUT2D eigenvalue weighted by Gasteiger charge is -2.04. The van der Waals surface area contributed by atoms with E-state index in [0.29, 0.717) is 23.4 Å². The second-order valence-corrected chi connectivity index (χ2v) is 9.06. The third-order valence-electron chi connectivity index (χ3n) is 3.28. The first-order valence-corrected chi connectivity index (χ1v) is 10.5. The monoisotopic (exact) mass is 378 g/mol. The fraction of sp³-hybridized carbons (Fsp3) is 0.375. The van der Waals surface area contributed by atoms with Gasteiger partial charge in [0.05, 0.1) is 5.75 Å². The van der Waals surface area contributed by atoms with Crippen molar-refractivity contribution in [3.8, 4) is 11.4 Å². The van der Waals surface area contributed by atoms with Gasteiger partial charge in [-0.3, -0.25) is 0 Å². The summed E-state index contributed by atoms with van der Waals surface area (Å²) in [6.07, 6.45) is 0. The van der Waals surface area contributed by atoms with Crippen LogP contribution in [0.2, 0.25) is 0 Å². The van der Waals surface area contributed by atoms with Gasteiger partial charge in [0.1, 0.15) is 0 Å². The van der Waals surface area contributed by atoms with Crippen molar-refractivity contribution >= 4 is 34.9 Å². The molecule has 3 rings (SSSR count). The minimum Gasteiger partial charge on any atom is -0.338 e. The average Bonchev–Trinajstić information content (AvgIpc) is 3.23. The van der Waals surface area contributed by atoms with E-state index in [4.69, 9.17) is 4.52 Å². The number of nitrogens with zero attached hydrogens (tertiary/aromatic N) is 4. The summed E-state index contributed by atoms with van der Waals surface area (Å²) >= 11 is 4.87. The molecule has 0 saturated heterocycles. The Labute approximate surface area is 153 Å². The maximum absolute atomic E-state index is 5.34. The van der Waals surface area contributed by atoms with Crippen molar-refractivity contribution in [2.45, 2.75) is 41.1 Å². The number of aromatic nitrogens is 4. The molecule has 3 aromatic rings. The van der Waals surface area contributed by atoms with Crippen molar-refractivity contribution in [1.29, 1.82) is 0 Å². The van der Waals surface area contributed by atoms with E-state index in [0.717, 1.165) is 20.0 Å². The van der Waals surface area contributed by atoms with Crippen LogP contribution in [0.1, 0.15) is 38.1 Å². The molecular weight excluding hydrogens is 360 g/mol. The Morgan fingerprint density at radius 2 is 1.79 bits per heavy atom. The zero-order valence-electron chi connectivity index (χ0n) is 13.7. The second kappa shape index (κ2) is 8.13. The molecule has 2 heterocycles. The molecule has 0 radical (unpaired) electrons. The first-order chi connectivity index (χ1) is 11.7. The van der Waals surface area contributed by atoms with E-state index in [2.05, 4.69) is 53.2 Å². The summed E-state index contributed by atoms with van der Waals surface area (Å²) in [5, 5.41) is 12.4. The number of benzene rings is 1. The Balaban J connectivity index is 1.62. The molecule has 0 amide bonds. The van der Waals surface area contributed by atoms with Gasteiger partial charge in [0.25, 0.3) is 0 Å². The van der Waals surface area contributed by atoms with Crippen LogP contribution in [0.15, 0.2) is 37.5 Å². The van der Waals surface area contributed by atoms with Crippen LogP contribution in [-0.4, -0.2) is 26.1 Å². The third kappa shape index (κ3) is 4.37. The van der Waals surface area contributed by atoms with Gasteiger partial charge in [0, 0.05) is 5.56 Å². The molecule has 0 aliphatic heterocycles. The quantitative estimate of drug-likeness (QED) is 0.529. The van der Waals surface area contributed by atoms with E-state index >= 15 is 0 Å². The first-order valence-electron chi connectivity index (χ1n) is 7.67. The molecule has 1 aromatic carbocycles. The summed E-state index contributed by atoms with van der Waals surface area (Å²) in [6, 6.07) is 8.30. The molecule has 24 heavy (non-hydrogen) atoms. The smallest absolute Gasteiger partial charge is 0.237 e. The maximum Gasteiger partial charge on any atom is 0.237 e. The molecular formula is C16H18N4OS3. The summed E-state index contributed by atoms with van der Waals surface area (Å²) in [6.45, 7) is 6.46. The number of hydrogen-bond donors (Lipinski definition) is 0. The summed E-state index contributed by atoms with van der Waals surface area (Å²) in [4.78, 5) is 4.47. The van der Waals surface area contributed by atoms with Gasteiger partial charge in [-0.25, -0.2) is 0 Å². The second-order valence-electron chi connectivity index (χ2n) is 5.34. The summed E-state index contributed by atoms with van der Waals surface area (Å²) < 4.78 is 7.26. The van der Waals surface area contributed by atoms with Crippen LogP contribution >= 0.6 is 34.9 Å². The van der Waals surface area contributed by atoms with Gasteiger partial charge in [0.15, 0.2) is 8.68 Å². The van der Waals surface area contributed by atoms with Crippen LogP contribution < -0.4 is 0 Å². The molecule has 0 unspecified atom stereocenters. The molecule has 0 atom stereocenters. The van der Waals surface area contributed by atoms with Crippen molar-refractivity contribution in [2.75, 3.05) is 5.75 Å². The highest BCUT2D eigenvalue weighted by molar-refractivity contribution is 8.02. The highest BCUT2D eigenvalue weighted by atomic mass is 32.2. The van der Waals surface area contributed by atoms with E-state index in [1.165, 1.54) is 5.56 Å². The predicted octanol–water partition coefficient (Wildman–Crippen LogP) is 5.12. The van der Waals surface area contributed by atoms with Crippen LogP contribution in [0.5, 0.6) is 0 Å². The third-order valence-corrected chi connectivity index (χ3v) is 6.34. The predicted molar refractivity (Wildman–Crippen MR) is 99.7 cm³/mol. The standard InChI is InChI=1S/C16H18N4OS3/c1-4-22-15-18-19-16(24-15)23-9-13-17-14(20-21-13)12-7-5-11(6-8-12)10(2)3/h5-8,10H,4,9H2,1-3H3. The Bertz CT molecular complexity index is 783. The minimum atomic E-state index is 0.513. The molecule has 8 heteroatoms. The normalized spacial score (nSPS) is 11.3. The van der Waals surface area contributed by atoms with Crippen LogP contribution in [-0.2, 0) is 5.75 Å². The maximum atomic E-state index is 5.34. The largest absolute Gasteiger partial charge is 0.338 e. The first kappa shape index (κ1) is 17.4. The molecule has 5 nitrogen and oxygen atoms in total. The highest BCUT2D eigenvalue weighted by Gasteiger charge is 2.11. The van der Waals surface area contributed by atoms with E-state index in [1.54, 1.807) is 34.9 Å². The number of rotatable bonds is 7. The van der Waals surface area contributed by atoms with Crippen molar-refractivity contribution in [3.63, 3.8) is 0 Å². The van der Waals surface area contributed by atoms with Gasteiger partial charge >= 0.3 is 0 Å². The zero-order chi connectivity index (χ0) is 16.9. The minimum absolute atomic E-state index is 0.513. The van der Waals surface area contributed by atoms with Crippen LogP contribution in [0.4, 0.5) is 0 Å².